The van der Waals surface area contributed by atoms with Gasteiger partial charge in [0.25, 0.3) is 5.91 Å². The molecule has 0 aliphatic carbocycles. The van der Waals surface area contributed by atoms with E-state index >= 15 is 0 Å². The SMILES string of the molecule is Cn1ccnc1CCNC(=O)c1ccc(F)c(F)c1. The van der Waals surface area contributed by atoms with Gasteiger partial charge in [0.15, 0.2) is 11.6 Å². The van der Waals surface area contributed by atoms with E-state index in [1.807, 2.05) is 17.8 Å². The Morgan fingerprint density at radius 3 is 2.79 bits per heavy atom. The van der Waals surface area contributed by atoms with E-state index in [9.17, 15) is 13.6 Å². The summed E-state index contributed by atoms with van der Waals surface area (Å²) in [6.07, 6.45) is 4.05. The Kier molecular flexibility index (Phi) is 3.89. The molecule has 0 radical (unpaired) electrons. The molecule has 1 N–H and O–H groups in total. The van der Waals surface area contributed by atoms with Gasteiger partial charge in [-0.3, -0.25) is 4.79 Å². The summed E-state index contributed by atoms with van der Waals surface area (Å²) in [5, 5.41) is 2.63. The lowest BCUT2D eigenvalue weighted by atomic mass is 10.2. The van der Waals surface area contributed by atoms with Crippen molar-refractivity contribution < 1.29 is 13.6 Å². The van der Waals surface area contributed by atoms with Crippen molar-refractivity contribution in [3.05, 3.63) is 53.6 Å². The van der Waals surface area contributed by atoms with E-state index in [1.54, 1.807) is 6.20 Å². The lowest BCUT2D eigenvalue weighted by molar-refractivity contribution is 0.0953. The molecule has 1 aromatic heterocycles. The molecule has 2 aromatic rings. The number of carbonyl (C=O) groups is 1. The van der Waals surface area contributed by atoms with Gasteiger partial charge in [-0.2, -0.15) is 0 Å². The average Bonchev–Trinajstić information content (AvgIpc) is 2.78. The molecule has 0 aliphatic rings. The number of hydrogen-bond donors (Lipinski definition) is 1. The number of hydrogen-bond acceptors (Lipinski definition) is 2. The van der Waals surface area contributed by atoms with Crippen LogP contribution in [0.3, 0.4) is 0 Å². The van der Waals surface area contributed by atoms with Crippen LogP contribution in [0.15, 0.2) is 30.6 Å². The number of benzene rings is 1. The van der Waals surface area contributed by atoms with Crippen LogP contribution in [0, 0.1) is 11.6 Å². The zero-order valence-corrected chi connectivity index (χ0v) is 10.4. The fraction of sp³-hybridized carbons (Fsp3) is 0.231. The van der Waals surface area contributed by atoms with Gasteiger partial charge >= 0.3 is 0 Å². The van der Waals surface area contributed by atoms with Crippen LogP contribution < -0.4 is 5.32 Å². The van der Waals surface area contributed by atoms with Gasteiger partial charge in [0.2, 0.25) is 0 Å². The number of nitrogens with zero attached hydrogens (tertiary/aromatic N) is 2. The summed E-state index contributed by atoms with van der Waals surface area (Å²) in [5.41, 5.74) is 0.0961. The van der Waals surface area contributed by atoms with E-state index in [-0.39, 0.29) is 5.56 Å². The zero-order chi connectivity index (χ0) is 13.8. The third-order valence-corrected chi connectivity index (χ3v) is 2.74. The van der Waals surface area contributed by atoms with Crippen molar-refractivity contribution in [2.45, 2.75) is 6.42 Å². The monoisotopic (exact) mass is 265 g/mol. The normalized spacial score (nSPS) is 10.5. The van der Waals surface area contributed by atoms with Crippen molar-refractivity contribution in [1.29, 1.82) is 0 Å². The summed E-state index contributed by atoms with van der Waals surface area (Å²) in [5.74, 6) is -1.60. The first kappa shape index (κ1) is 13.2. The third-order valence-electron chi connectivity index (χ3n) is 2.74. The average molecular weight is 265 g/mol. The smallest absolute Gasteiger partial charge is 0.251 e. The van der Waals surface area contributed by atoms with Crippen molar-refractivity contribution in [2.75, 3.05) is 6.54 Å². The first-order valence-electron chi connectivity index (χ1n) is 5.77. The Morgan fingerprint density at radius 1 is 1.37 bits per heavy atom. The maximum Gasteiger partial charge on any atom is 0.251 e. The Bertz CT molecular complexity index is 595. The van der Waals surface area contributed by atoms with Crippen LogP contribution in [0.5, 0.6) is 0 Å². The Hall–Kier alpha value is -2.24. The van der Waals surface area contributed by atoms with E-state index in [0.717, 1.165) is 18.0 Å². The summed E-state index contributed by atoms with van der Waals surface area (Å²) in [4.78, 5) is 15.8. The largest absolute Gasteiger partial charge is 0.352 e. The Labute approximate surface area is 109 Å². The molecule has 19 heavy (non-hydrogen) atoms. The van der Waals surface area contributed by atoms with Crippen molar-refractivity contribution >= 4 is 5.91 Å². The second kappa shape index (κ2) is 5.60. The molecule has 0 bridgehead atoms. The first-order valence-corrected chi connectivity index (χ1v) is 5.77. The molecular formula is C13H13F2N3O. The van der Waals surface area contributed by atoms with Crippen LogP contribution in [0.25, 0.3) is 0 Å². The number of halogens is 2. The number of nitrogens with one attached hydrogen (secondary N) is 1. The zero-order valence-electron chi connectivity index (χ0n) is 10.4. The number of imidazole rings is 1. The summed E-state index contributed by atoms with van der Waals surface area (Å²) in [7, 11) is 1.86. The van der Waals surface area contributed by atoms with Crippen LogP contribution >= 0.6 is 0 Å². The number of rotatable bonds is 4. The van der Waals surface area contributed by atoms with Crippen LogP contribution in [0.4, 0.5) is 8.78 Å². The van der Waals surface area contributed by atoms with Crippen LogP contribution in [0.2, 0.25) is 0 Å². The number of carbonyl (C=O) groups excluding carboxylic acids is 1. The van der Waals surface area contributed by atoms with E-state index in [2.05, 4.69) is 10.3 Å². The number of aromatic nitrogens is 2. The predicted molar refractivity (Wildman–Crippen MR) is 65.6 cm³/mol. The first-order chi connectivity index (χ1) is 9.08. The number of amides is 1. The molecule has 1 heterocycles. The van der Waals surface area contributed by atoms with Gasteiger partial charge in [-0.1, -0.05) is 0 Å². The van der Waals surface area contributed by atoms with E-state index < -0.39 is 17.5 Å². The fourth-order valence-electron chi connectivity index (χ4n) is 1.66. The van der Waals surface area contributed by atoms with Gasteiger partial charge in [0, 0.05) is 38.0 Å². The maximum atomic E-state index is 13.0. The Morgan fingerprint density at radius 2 is 2.16 bits per heavy atom. The summed E-state index contributed by atoms with van der Waals surface area (Å²) < 4.78 is 27.5. The third kappa shape index (κ3) is 3.15. The van der Waals surface area contributed by atoms with E-state index in [4.69, 9.17) is 0 Å². The second-order valence-electron chi connectivity index (χ2n) is 4.09. The molecule has 0 saturated heterocycles. The van der Waals surface area contributed by atoms with Crippen molar-refractivity contribution in [3.8, 4) is 0 Å². The minimum absolute atomic E-state index is 0.0961. The maximum absolute atomic E-state index is 13.0. The number of aryl methyl sites for hydroxylation is 1. The highest BCUT2D eigenvalue weighted by atomic mass is 19.2. The fourth-order valence-corrected chi connectivity index (χ4v) is 1.66. The van der Waals surface area contributed by atoms with Gasteiger partial charge in [0.1, 0.15) is 5.82 Å². The summed E-state index contributed by atoms with van der Waals surface area (Å²) >= 11 is 0. The van der Waals surface area contributed by atoms with Crippen LogP contribution in [-0.4, -0.2) is 22.0 Å². The van der Waals surface area contributed by atoms with Crippen LogP contribution in [0.1, 0.15) is 16.2 Å². The van der Waals surface area contributed by atoms with Crippen molar-refractivity contribution in [1.82, 2.24) is 14.9 Å². The van der Waals surface area contributed by atoms with Crippen LogP contribution in [-0.2, 0) is 13.5 Å². The lowest BCUT2D eigenvalue weighted by Gasteiger charge is -2.05. The van der Waals surface area contributed by atoms with E-state index in [0.29, 0.717) is 13.0 Å². The molecular weight excluding hydrogens is 252 g/mol. The minimum atomic E-state index is -1.03. The second-order valence-corrected chi connectivity index (χ2v) is 4.09. The van der Waals surface area contributed by atoms with Gasteiger partial charge in [-0.15, -0.1) is 0 Å². The molecule has 0 saturated carbocycles. The molecule has 0 unspecified atom stereocenters. The summed E-state index contributed by atoms with van der Waals surface area (Å²) in [6.45, 7) is 0.378. The molecule has 0 aliphatic heterocycles. The molecule has 100 valence electrons. The molecule has 1 aromatic carbocycles. The molecule has 1 amide bonds. The van der Waals surface area contributed by atoms with Gasteiger partial charge in [0.05, 0.1) is 0 Å². The lowest BCUT2D eigenvalue weighted by Crippen LogP contribution is -2.26. The highest BCUT2D eigenvalue weighted by Crippen LogP contribution is 2.08. The molecule has 0 spiro atoms. The molecule has 2 rings (SSSR count). The van der Waals surface area contributed by atoms with E-state index in [1.165, 1.54) is 6.07 Å². The minimum Gasteiger partial charge on any atom is -0.352 e. The predicted octanol–water partition coefficient (Wildman–Crippen LogP) is 1.67. The molecule has 4 nitrogen and oxygen atoms in total. The van der Waals surface area contributed by atoms with Crippen molar-refractivity contribution in [2.24, 2.45) is 7.05 Å². The topological polar surface area (TPSA) is 46.9 Å². The highest BCUT2D eigenvalue weighted by molar-refractivity contribution is 5.94. The Balaban J connectivity index is 1.91. The van der Waals surface area contributed by atoms with Gasteiger partial charge in [-0.25, -0.2) is 13.8 Å². The van der Waals surface area contributed by atoms with Gasteiger partial charge < -0.3 is 9.88 Å². The van der Waals surface area contributed by atoms with Crippen molar-refractivity contribution in [3.63, 3.8) is 0 Å². The standard InChI is InChI=1S/C13H13F2N3O/c1-18-7-6-16-12(18)4-5-17-13(19)9-2-3-10(14)11(15)8-9/h2-3,6-8H,4-5H2,1H3,(H,17,19). The molecule has 6 heteroatoms. The molecule has 0 fully saturated rings. The quantitative estimate of drug-likeness (QED) is 0.914. The van der Waals surface area contributed by atoms with Gasteiger partial charge in [-0.05, 0) is 18.2 Å². The molecule has 0 atom stereocenters. The summed E-state index contributed by atoms with van der Waals surface area (Å²) in [6, 6.07) is 3.06. The highest BCUT2D eigenvalue weighted by Gasteiger charge is 2.09.